The molecule has 2 unspecified atom stereocenters. The van der Waals surface area contributed by atoms with Crippen LogP contribution in [0.3, 0.4) is 0 Å². The van der Waals surface area contributed by atoms with Crippen LogP contribution in [0.15, 0.2) is 51.1 Å². The zero-order chi connectivity index (χ0) is 28.9. The van der Waals surface area contributed by atoms with E-state index in [4.69, 9.17) is 4.43 Å². The standard InChI is InChI=1S/C28H46N2O4S3Si/c1-22(2)16-17-30(37(32,33)24-14-12-11-13-15-24)25(20-34-38(9,10)28(6,7)8)26-18-23(21-35-26)19-29-36(31)27(3,4)5/h11-15,18-19,21-22,25H,16-17,20H2,1-10H3/b29-19+. The Morgan fingerprint density at radius 3 is 2.26 bits per heavy atom. The van der Waals surface area contributed by atoms with E-state index in [1.54, 1.807) is 34.8 Å². The molecule has 6 nitrogen and oxygen atoms in total. The van der Waals surface area contributed by atoms with Crippen molar-refractivity contribution in [3.63, 3.8) is 0 Å². The van der Waals surface area contributed by atoms with Gasteiger partial charge in [-0.1, -0.05) is 57.2 Å². The first-order chi connectivity index (χ1) is 17.4. The Balaban J connectivity index is 2.56. The molecule has 1 heterocycles. The Hall–Kier alpha value is -1.01. The minimum Gasteiger partial charge on any atom is -0.591 e. The second-order valence-corrected chi connectivity index (χ2v) is 22.2. The van der Waals surface area contributed by atoms with Crippen molar-refractivity contribution in [3.05, 3.63) is 52.2 Å². The fourth-order valence-electron chi connectivity index (χ4n) is 3.25. The van der Waals surface area contributed by atoms with Gasteiger partial charge in [0.1, 0.15) is 16.1 Å². The summed E-state index contributed by atoms with van der Waals surface area (Å²) in [6, 6.07) is 10.1. The van der Waals surface area contributed by atoms with Gasteiger partial charge in [-0.2, -0.15) is 4.31 Å². The minimum absolute atomic E-state index is 0.0110. The molecular formula is C28H46N2O4S3Si. The lowest BCUT2D eigenvalue weighted by molar-refractivity contribution is 0.189. The molecule has 0 spiro atoms. The highest BCUT2D eigenvalue weighted by Gasteiger charge is 2.40. The minimum atomic E-state index is -3.79. The van der Waals surface area contributed by atoms with Crippen molar-refractivity contribution in [1.29, 1.82) is 0 Å². The van der Waals surface area contributed by atoms with Gasteiger partial charge in [0.2, 0.25) is 10.0 Å². The first-order valence-electron chi connectivity index (χ1n) is 13.1. The third-order valence-corrected chi connectivity index (χ3v) is 15.6. The van der Waals surface area contributed by atoms with Gasteiger partial charge in [-0.05, 0) is 69.4 Å². The van der Waals surface area contributed by atoms with Crippen molar-refractivity contribution >= 4 is 47.3 Å². The van der Waals surface area contributed by atoms with E-state index in [2.05, 4.69) is 52.1 Å². The zero-order valence-electron chi connectivity index (χ0n) is 24.6. The van der Waals surface area contributed by atoms with E-state index in [1.807, 2.05) is 38.3 Å². The van der Waals surface area contributed by atoms with Crippen LogP contribution < -0.4 is 0 Å². The molecule has 214 valence electrons. The predicted octanol–water partition coefficient (Wildman–Crippen LogP) is 7.43. The molecule has 1 aromatic heterocycles. The Bertz CT molecular complexity index is 1150. The number of benzene rings is 1. The average molecular weight is 599 g/mol. The van der Waals surface area contributed by atoms with Crippen LogP contribution in [0.1, 0.15) is 78.3 Å². The number of rotatable bonds is 12. The lowest BCUT2D eigenvalue weighted by atomic mass is 10.1. The van der Waals surface area contributed by atoms with E-state index in [0.717, 1.165) is 16.9 Å². The van der Waals surface area contributed by atoms with Crippen molar-refractivity contribution in [2.24, 2.45) is 10.3 Å². The summed E-state index contributed by atoms with van der Waals surface area (Å²) in [5, 5.41) is 1.93. The van der Waals surface area contributed by atoms with Crippen LogP contribution in [-0.4, -0.2) is 49.7 Å². The summed E-state index contributed by atoms with van der Waals surface area (Å²) in [4.78, 5) is 1.16. The van der Waals surface area contributed by atoms with Crippen molar-refractivity contribution in [2.75, 3.05) is 13.2 Å². The van der Waals surface area contributed by atoms with E-state index in [9.17, 15) is 13.0 Å². The van der Waals surface area contributed by atoms with Crippen LogP contribution in [0.4, 0.5) is 0 Å². The normalized spacial score (nSPS) is 15.5. The Kier molecular flexibility index (Phi) is 11.4. The van der Waals surface area contributed by atoms with E-state index in [0.29, 0.717) is 12.5 Å². The van der Waals surface area contributed by atoms with E-state index >= 15 is 0 Å². The lowest BCUT2D eigenvalue weighted by Crippen LogP contribution is -2.45. The topological polar surface area (TPSA) is 82.0 Å². The number of sulfonamides is 1. The maximum Gasteiger partial charge on any atom is 0.243 e. The second-order valence-electron chi connectivity index (χ2n) is 12.6. The second kappa shape index (κ2) is 13.1. The maximum atomic E-state index is 14.0. The van der Waals surface area contributed by atoms with Gasteiger partial charge >= 0.3 is 0 Å². The van der Waals surface area contributed by atoms with Crippen molar-refractivity contribution in [1.82, 2.24) is 4.31 Å². The first kappa shape index (κ1) is 33.2. The van der Waals surface area contributed by atoms with Gasteiger partial charge in [-0.3, -0.25) is 0 Å². The molecule has 1 aromatic carbocycles. The summed E-state index contributed by atoms with van der Waals surface area (Å²) in [5.74, 6) is 0.337. The molecule has 0 aliphatic carbocycles. The van der Waals surface area contributed by atoms with Gasteiger partial charge in [-0.25, -0.2) is 8.42 Å². The molecule has 2 atom stereocenters. The summed E-state index contributed by atoms with van der Waals surface area (Å²) < 4.78 is 52.6. The monoisotopic (exact) mass is 598 g/mol. The highest BCUT2D eigenvalue weighted by Crippen LogP contribution is 2.39. The Morgan fingerprint density at radius 2 is 1.74 bits per heavy atom. The molecule has 0 fully saturated rings. The summed E-state index contributed by atoms with van der Waals surface area (Å²) >= 11 is 0.116. The van der Waals surface area contributed by atoms with Gasteiger partial charge in [0.15, 0.2) is 8.32 Å². The summed E-state index contributed by atoms with van der Waals surface area (Å²) in [6.45, 7) is 21.4. The van der Waals surface area contributed by atoms with Crippen molar-refractivity contribution in [2.45, 2.75) is 95.6 Å². The Morgan fingerprint density at radius 1 is 1.13 bits per heavy atom. The van der Waals surface area contributed by atoms with Gasteiger partial charge in [-0.15, -0.1) is 11.3 Å². The third-order valence-electron chi connectivity index (χ3n) is 6.82. The molecule has 0 radical (unpaired) electrons. The molecule has 2 rings (SSSR count). The molecule has 2 aromatic rings. The first-order valence-corrected chi connectivity index (χ1v) is 19.4. The van der Waals surface area contributed by atoms with Gasteiger partial charge in [0.25, 0.3) is 0 Å². The largest absolute Gasteiger partial charge is 0.591 e. The molecule has 38 heavy (non-hydrogen) atoms. The van der Waals surface area contributed by atoms with E-state index < -0.39 is 40.5 Å². The molecule has 0 aliphatic heterocycles. The van der Waals surface area contributed by atoms with Gasteiger partial charge in [0.05, 0.1) is 23.8 Å². The van der Waals surface area contributed by atoms with Crippen molar-refractivity contribution in [3.8, 4) is 0 Å². The average Bonchev–Trinajstić information content (AvgIpc) is 3.27. The highest BCUT2D eigenvalue weighted by molar-refractivity contribution is 7.91. The number of thiophene rings is 1. The maximum absolute atomic E-state index is 14.0. The van der Waals surface area contributed by atoms with Gasteiger partial charge in [0, 0.05) is 22.4 Å². The van der Waals surface area contributed by atoms with E-state index in [1.165, 1.54) is 11.3 Å². The summed E-state index contributed by atoms with van der Waals surface area (Å²) in [5.41, 5.74) is 0.806. The van der Waals surface area contributed by atoms with Gasteiger partial charge < -0.3 is 8.98 Å². The smallest absolute Gasteiger partial charge is 0.243 e. The lowest BCUT2D eigenvalue weighted by Gasteiger charge is -2.39. The Labute approximate surface area is 239 Å². The van der Waals surface area contributed by atoms with Crippen LogP contribution in [0.2, 0.25) is 18.1 Å². The summed E-state index contributed by atoms with van der Waals surface area (Å²) in [7, 11) is -5.95. The third kappa shape index (κ3) is 9.01. The SMILES string of the molecule is CC(C)CCN(C(CO[Si](C)(C)C(C)(C)C)c1cc(/C=N/[S+]([O-])C(C)(C)C)cs1)S(=O)(=O)c1ccccc1. The molecule has 0 aliphatic rings. The predicted molar refractivity (Wildman–Crippen MR) is 165 cm³/mol. The molecule has 0 saturated carbocycles. The number of hydrogen-bond donors (Lipinski definition) is 0. The quantitative estimate of drug-likeness (QED) is 0.145. The van der Waals surface area contributed by atoms with Crippen molar-refractivity contribution < 1.29 is 17.4 Å². The molecule has 0 N–H and O–H groups in total. The van der Waals surface area contributed by atoms with Crippen LogP contribution >= 0.6 is 11.3 Å². The fourth-order valence-corrected chi connectivity index (χ4v) is 7.44. The number of nitrogens with zero attached hydrogens (tertiary/aromatic N) is 2. The summed E-state index contributed by atoms with van der Waals surface area (Å²) in [6.07, 6.45) is 2.35. The number of hydrogen-bond acceptors (Lipinski definition) is 6. The van der Waals surface area contributed by atoms with Crippen LogP contribution in [0.5, 0.6) is 0 Å². The molecule has 0 bridgehead atoms. The molecule has 10 heteroatoms. The van der Waals surface area contributed by atoms with Crippen LogP contribution in [-0.2, 0) is 25.8 Å². The molecule has 0 amide bonds. The molecule has 0 saturated heterocycles. The fraction of sp³-hybridized carbons (Fsp3) is 0.607. The van der Waals surface area contributed by atoms with Crippen LogP contribution in [0, 0.1) is 5.92 Å². The highest BCUT2D eigenvalue weighted by atomic mass is 32.2. The van der Waals surface area contributed by atoms with Crippen LogP contribution in [0.25, 0.3) is 0 Å². The van der Waals surface area contributed by atoms with E-state index in [-0.39, 0.29) is 16.5 Å². The molecular weight excluding hydrogens is 553 g/mol. The zero-order valence-corrected chi connectivity index (χ0v) is 28.1.